The summed E-state index contributed by atoms with van der Waals surface area (Å²) in [6.07, 6.45) is 5.98. The van der Waals surface area contributed by atoms with Crippen LogP contribution in [0.2, 0.25) is 10.0 Å². The lowest BCUT2D eigenvalue weighted by molar-refractivity contribution is -0.140. The number of hydrogen-bond acceptors (Lipinski definition) is 4. The van der Waals surface area contributed by atoms with Crippen molar-refractivity contribution in [2.24, 2.45) is 0 Å². The highest BCUT2D eigenvalue weighted by Gasteiger charge is 2.35. The lowest BCUT2D eigenvalue weighted by Gasteiger charge is -2.34. The third-order valence-corrected chi connectivity index (χ3v) is 9.94. The Bertz CT molecular complexity index is 1450. The first kappa shape index (κ1) is 31.9. The summed E-state index contributed by atoms with van der Waals surface area (Å²) in [4.78, 5) is 29.3. The largest absolute Gasteiger partial charge is 0.352 e. The molecule has 3 aromatic carbocycles. The van der Waals surface area contributed by atoms with Gasteiger partial charge in [-0.3, -0.25) is 13.9 Å². The van der Waals surface area contributed by atoms with Gasteiger partial charge in [0, 0.05) is 17.6 Å². The van der Waals surface area contributed by atoms with Gasteiger partial charge in [-0.25, -0.2) is 8.42 Å². The van der Waals surface area contributed by atoms with Gasteiger partial charge in [-0.05, 0) is 61.6 Å². The molecule has 1 N–H and O–H groups in total. The van der Waals surface area contributed by atoms with Crippen LogP contribution >= 0.6 is 23.2 Å². The van der Waals surface area contributed by atoms with Crippen molar-refractivity contribution in [1.29, 1.82) is 0 Å². The summed E-state index contributed by atoms with van der Waals surface area (Å²) >= 11 is 12.7. The molecule has 7 nitrogen and oxygen atoms in total. The van der Waals surface area contributed by atoms with Gasteiger partial charge in [0.05, 0.1) is 15.6 Å². The predicted molar refractivity (Wildman–Crippen MR) is 168 cm³/mol. The van der Waals surface area contributed by atoms with Gasteiger partial charge in [0.25, 0.3) is 10.0 Å². The van der Waals surface area contributed by atoms with Gasteiger partial charge in [0.1, 0.15) is 12.6 Å². The van der Waals surface area contributed by atoms with Crippen molar-refractivity contribution in [3.05, 3.63) is 94.5 Å². The summed E-state index contributed by atoms with van der Waals surface area (Å²) < 4.78 is 28.9. The van der Waals surface area contributed by atoms with Crippen molar-refractivity contribution < 1.29 is 18.0 Å². The summed E-state index contributed by atoms with van der Waals surface area (Å²) in [6.45, 7) is 1.54. The van der Waals surface area contributed by atoms with Crippen LogP contribution in [-0.4, -0.2) is 50.3 Å². The SMILES string of the molecule is CCC(C(=O)NC1CCCCC1)N(CCc1ccccc1)C(=O)CN(c1cc(Cl)ccc1Cl)S(=O)(=O)c1ccccc1. The summed E-state index contributed by atoms with van der Waals surface area (Å²) in [5, 5.41) is 3.56. The van der Waals surface area contributed by atoms with Gasteiger partial charge in [0.2, 0.25) is 11.8 Å². The molecule has 0 aromatic heterocycles. The first-order valence-electron chi connectivity index (χ1n) is 14.4. The van der Waals surface area contributed by atoms with E-state index >= 15 is 0 Å². The van der Waals surface area contributed by atoms with Crippen LogP contribution in [0, 0.1) is 0 Å². The number of benzene rings is 3. The van der Waals surface area contributed by atoms with Gasteiger partial charge in [-0.1, -0.05) is 97.9 Å². The molecule has 1 aliphatic carbocycles. The van der Waals surface area contributed by atoms with Crippen molar-refractivity contribution in [2.45, 2.75) is 68.8 Å². The molecule has 1 unspecified atom stereocenters. The molecule has 0 bridgehead atoms. The minimum absolute atomic E-state index is 0.00626. The van der Waals surface area contributed by atoms with Gasteiger partial charge < -0.3 is 10.2 Å². The van der Waals surface area contributed by atoms with Crippen molar-refractivity contribution in [3.63, 3.8) is 0 Å². The maximum absolute atomic E-state index is 14.2. The Morgan fingerprint density at radius 3 is 2.21 bits per heavy atom. The van der Waals surface area contributed by atoms with E-state index in [1.807, 2.05) is 37.3 Å². The minimum Gasteiger partial charge on any atom is -0.352 e. The number of hydrogen-bond donors (Lipinski definition) is 1. The van der Waals surface area contributed by atoms with E-state index in [1.54, 1.807) is 24.3 Å². The lowest BCUT2D eigenvalue weighted by Crippen LogP contribution is -2.54. The molecule has 42 heavy (non-hydrogen) atoms. The fourth-order valence-electron chi connectivity index (χ4n) is 5.35. The van der Waals surface area contributed by atoms with Crippen LogP contribution in [0.15, 0.2) is 83.8 Å². The monoisotopic (exact) mass is 629 g/mol. The Balaban J connectivity index is 1.69. The number of halogens is 2. The second-order valence-corrected chi connectivity index (χ2v) is 13.2. The Morgan fingerprint density at radius 2 is 1.57 bits per heavy atom. The number of rotatable bonds is 12. The number of sulfonamides is 1. The molecule has 0 heterocycles. The molecule has 0 spiro atoms. The van der Waals surface area contributed by atoms with Crippen LogP contribution in [0.25, 0.3) is 0 Å². The summed E-state index contributed by atoms with van der Waals surface area (Å²) in [5.74, 6) is -0.726. The van der Waals surface area contributed by atoms with E-state index < -0.39 is 28.5 Å². The van der Waals surface area contributed by atoms with Gasteiger partial charge in [0.15, 0.2) is 0 Å². The molecule has 0 radical (unpaired) electrons. The number of anilines is 1. The fourth-order valence-corrected chi connectivity index (χ4v) is 7.23. The smallest absolute Gasteiger partial charge is 0.264 e. The number of amides is 2. The van der Waals surface area contributed by atoms with Crippen LogP contribution in [-0.2, 0) is 26.0 Å². The molecule has 224 valence electrons. The van der Waals surface area contributed by atoms with Crippen LogP contribution in [0.4, 0.5) is 5.69 Å². The lowest BCUT2D eigenvalue weighted by atomic mass is 9.95. The van der Waals surface area contributed by atoms with Crippen molar-refractivity contribution in [1.82, 2.24) is 10.2 Å². The Kier molecular flexibility index (Phi) is 11.3. The van der Waals surface area contributed by atoms with E-state index in [4.69, 9.17) is 23.2 Å². The zero-order valence-electron chi connectivity index (χ0n) is 23.7. The third kappa shape index (κ3) is 8.06. The zero-order valence-corrected chi connectivity index (χ0v) is 26.0. The van der Waals surface area contributed by atoms with E-state index in [-0.39, 0.29) is 39.1 Å². The highest BCUT2D eigenvalue weighted by Crippen LogP contribution is 2.33. The van der Waals surface area contributed by atoms with Crippen LogP contribution in [0.3, 0.4) is 0 Å². The van der Waals surface area contributed by atoms with E-state index in [1.165, 1.54) is 29.2 Å². The quantitative estimate of drug-likeness (QED) is 0.248. The number of nitrogens with one attached hydrogen (secondary N) is 1. The molecule has 1 saturated carbocycles. The molecule has 3 aromatic rings. The molecule has 1 fully saturated rings. The van der Waals surface area contributed by atoms with Crippen LogP contribution in [0.1, 0.15) is 51.0 Å². The summed E-state index contributed by atoms with van der Waals surface area (Å²) in [6, 6.07) is 21.3. The Labute approximate surface area is 258 Å². The van der Waals surface area contributed by atoms with Gasteiger partial charge >= 0.3 is 0 Å². The molecule has 4 rings (SSSR count). The average molecular weight is 631 g/mol. The van der Waals surface area contributed by atoms with Gasteiger partial charge in [-0.15, -0.1) is 0 Å². The topological polar surface area (TPSA) is 86.8 Å². The number of carbonyl (C=O) groups excluding carboxylic acids is 2. The Morgan fingerprint density at radius 1 is 0.929 bits per heavy atom. The summed E-state index contributed by atoms with van der Waals surface area (Å²) in [5.41, 5.74) is 1.09. The Hall–Kier alpha value is -3.07. The first-order valence-corrected chi connectivity index (χ1v) is 16.6. The number of nitrogens with zero attached hydrogens (tertiary/aromatic N) is 2. The normalized spacial score (nSPS) is 14.6. The first-order chi connectivity index (χ1) is 20.2. The van der Waals surface area contributed by atoms with E-state index in [9.17, 15) is 18.0 Å². The van der Waals surface area contributed by atoms with Crippen molar-refractivity contribution in [2.75, 3.05) is 17.4 Å². The molecule has 0 saturated heterocycles. The average Bonchev–Trinajstić information content (AvgIpc) is 3.00. The van der Waals surface area contributed by atoms with E-state index in [0.29, 0.717) is 12.8 Å². The second kappa shape index (κ2) is 14.9. The molecular formula is C32H37Cl2N3O4S. The number of carbonyl (C=O) groups is 2. The molecular weight excluding hydrogens is 593 g/mol. The summed E-state index contributed by atoms with van der Waals surface area (Å²) in [7, 11) is -4.22. The van der Waals surface area contributed by atoms with Crippen LogP contribution in [0.5, 0.6) is 0 Å². The highest BCUT2D eigenvalue weighted by atomic mass is 35.5. The van der Waals surface area contributed by atoms with Gasteiger partial charge in [-0.2, -0.15) is 0 Å². The maximum atomic E-state index is 14.2. The molecule has 0 aliphatic heterocycles. The molecule has 2 amide bonds. The third-order valence-electron chi connectivity index (χ3n) is 7.61. The highest BCUT2D eigenvalue weighted by molar-refractivity contribution is 7.92. The predicted octanol–water partition coefficient (Wildman–Crippen LogP) is 6.49. The maximum Gasteiger partial charge on any atom is 0.264 e. The van der Waals surface area contributed by atoms with Crippen LogP contribution < -0.4 is 9.62 Å². The van der Waals surface area contributed by atoms with E-state index in [2.05, 4.69) is 5.32 Å². The van der Waals surface area contributed by atoms with E-state index in [0.717, 1.165) is 42.0 Å². The fraction of sp³-hybridized carbons (Fsp3) is 0.375. The second-order valence-electron chi connectivity index (χ2n) is 10.5. The van der Waals surface area contributed by atoms with Crippen molar-refractivity contribution in [3.8, 4) is 0 Å². The standard InChI is InChI=1S/C32H37Cl2N3O4S/c1-2-29(32(39)35-26-14-8-4-9-15-26)36(21-20-24-12-6-3-7-13-24)31(38)23-37(30-22-25(33)18-19-28(30)34)42(40,41)27-16-10-5-11-17-27/h3,5-7,10-13,16-19,22,26,29H,2,4,8-9,14-15,20-21,23H2,1H3,(H,35,39). The minimum atomic E-state index is -4.22. The molecule has 1 atom stereocenters. The molecule has 10 heteroatoms. The zero-order chi connectivity index (χ0) is 30.1. The molecule has 1 aliphatic rings. The van der Waals surface area contributed by atoms with Crippen molar-refractivity contribution >= 4 is 50.7 Å².